The highest BCUT2D eigenvalue weighted by molar-refractivity contribution is 5.95. The Hall–Kier alpha value is -5.12. The van der Waals surface area contributed by atoms with Gasteiger partial charge in [-0.15, -0.1) is 5.10 Å². The first-order valence-electron chi connectivity index (χ1n) is 11.1. The number of hydrogen-bond donors (Lipinski definition) is 1. The standard InChI is InChI=1S/C26H21N7O3/c1-18-7-9-19(10-8-18)23-15-24(33(29-23)22-5-3-2-4-6-22)28-25(34)16-36-26(35)20-11-13-21(14-12-20)32-17-27-30-31-32/h2-15,17H,16H2,1H3,(H,28,34). The highest BCUT2D eigenvalue weighted by Gasteiger charge is 2.16. The van der Waals surface area contributed by atoms with Crippen LogP contribution in [0, 0.1) is 6.92 Å². The van der Waals surface area contributed by atoms with Crippen molar-refractivity contribution in [1.82, 2.24) is 30.0 Å². The minimum atomic E-state index is -0.620. The van der Waals surface area contributed by atoms with E-state index in [0.29, 0.717) is 22.8 Å². The summed E-state index contributed by atoms with van der Waals surface area (Å²) in [6.07, 6.45) is 1.45. The number of esters is 1. The van der Waals surface area contributed by atoms with Crippen molar-refractivity contribution in [2.45, 2.75) is 6.92 Å². The quantitative estimate of drug-likeness (QED) is 0.354. The molecule has 2 heterocycles. The Morgan fingerprint density at radius 3 is 2.36 bits per heavy atom. The summed E-state index contributed by atoms with van der Waals surface area (Å²) < 4.78 is 8.32. The first-order valence-corrected chi connectivity index (χ1v) is 11.1. The van der Waals surface area contributed by atoms with Gasteiger partial charge in [0.15, 0.2) is 6.61 Å². The number of nitrogens with zero attached hydrogens (tertiary/aromatic N) is 6. The van der Waals surface area contributed by atoms with Crippen LogP contribution in [0.3, 0.4) is 0 Å². The van der Waals surface area contributed by atoms with Crippen LogP contribution in [0.5, 0.6) is 0 Å². The molecule has 1 amide bonds. The lowest BCUT2D eigenvalue weighted by Crippen LogP contribution is -2.22. The van der Waals surface area contributed by atoms with Crippen LogP contribution in [0.15, 0.2) is 91.3 Å². The molecule has 10 heteroatoms. The number of para-hydroxylation sites is 1. The summed E-state index contributed by atoms with van der Waals surface area (Å²) >= 11 is 0. The number of benzene rings is 3. The number of tetrazole rings is 1. The molecule has 0 radical (unpaired) electrons. The number of ether oxygens (including phenoxy) is 1. The Kier molecular flexibility index (Phi) is 6.31. The van der Waals surface area contributed by atoms with Crippen molar-refractivity contribution in [3.8, 4) is 22.6 Å². The van der Waals surface area contributed by atoms with Crippen molar-refractivity contribution in [2.75, 3.05) is 11.9 Å². The van der Waals surface area contributed by atoms with E-state index in [0.717, 1.165) is 16.8 Å². The number of anilines is 1. The summed E-state index contributed by atoms with van der Waals surface area (Å²) in [5, 5.41) is 18.4. The van der Waals surface area contributed by atoms with Crippen molar-refractivity contribution in [2.24, 2.45) is 0 Å². The third-order valence-corrected chi connectivity index (χ3v) is 5.38. The maximum absolute atomic E-state index is 12.7. The van der Waals surface area contributed by atoms with Crippen molar-refractivity contribution in [1.29, 1.82) is 0 Å². The van der Waals surface area contributed by atoms with Gasteiger partial charge in [-0.3, -0.25) is 4.79 Å². The number of amides is 1. The number of aryl methyl sites for hydroxylation is 1. The van der Waals surface area contributed by atoms with E-state index < -0.39 is 18.5 Å². The van der Waals surface area contributed by atoms with E-state index in [9.17, 15) is 9.59 Å². The van der Waals surface area contributed by atoms with E-state index in [1.165, 1.54) is 11.0 Å². The molecule has 0 bridgehead atoms. The van der Waals surface area contributed by atoms with Gasteiger partial charge in [-0.05, 0) is 53.7 Å². The predicted octanol–water partition coefficient (Wildman–Crippen LogP) is 3.62. The number of carbonyl (C=O) groups excluding carboxylic acids is 2. The van der Waals surface area contributed by atoms with Crippen molar-refractivity contribution in [3.05, 3.63) is 102 Å². The molecular weight excluding hydrogens is 458 g/mol. The number of carbonyl (C=O) groups is 2. The van der Waals surface area contributed by atoms with E-state index in [-0.39, 0.29) is 0 Å². The minimum Gasteiger partial charge on any atom is -0.452 e. The Morgan fingerprint density at radius 2 is 1.67 bits per heavy atom. The first kappa shape index (κ1) is 22.7. The van der Waals surface area contributed by atoms with Gasteiger partial charge in [0.1, 0.15) is 12.1 Å². The van der Waals surface area contributed by atoms with E-state index in [2.05, 4.69) is 25.9 Å². The second-order valence-electron chi connectivity index (χ2n) is 7.95. The zero-order valence-corrected chi connectivity index (χ0v) is 19.3. The van der Waals surface area contributed by atoms with Crippen molar-refractivity contribution < 1.29 is 14.3 Å². The van der Waals surface area contributed by atoms with Crippen LogP contribution in [0.25, 0.3) is 22.6 Å². The summed E-state index contributed by atoms with van der Waals surface area (Å²) in [6, 6.07) is 25.7. The number of aromatic nitrogens is 6. The largest absolute Gasteiger partial charge is 0.452 e. The highest BCUT2D eigenvalue weighted by Crippen LogP contribution is 2.25. The molecule has 0 saturated carbocycles. The van der Waals surface area contributed by atoms with Gasteiger partial charge in [-0.2, -0.15) is 5.10 Å². The summed E-state index contributed by atoms with van der Waals surface area (Å²) in [5.41, 5.74) is 4.53. The molecular formula is C26H21N7O3. The lowest BCUT2D eigenvalue weighted by atomic mass is 10.1. The Balaban J connectivity index is 1.28. The second-order valence-corrected chi connectivity index (χ2v) is 7.95. The summed E-state index contributed by atoms with van der Waals surface area (Å²) in [4.78, 5) is 25.1. The average molecular weight is 480 g/mol. The van der Waals surface area contributed by atoms with Crippen molar-refractivity contribution >= 4 is 17.7 Å². The molecule has 10 nitrogen and oxygen atoms in total. The molecule has 0 aliphatic carbocycles. The Labute approximate surface area is 206 Å². The van der Waals surface area contributed by atoms with E-state index >= 15 is 0 Å². The molecule has 0 aliphatic rings. The summed E-state index contributed by atoms with van der Waals surface area (Å²) in [6.45, 7) is 1.56. The molecule has 2 aromatic heterocycles. The third-order valence-electron chi connectivity index (χ3n) is 5.38. The summed E-state index contributed by atoms with van der Waals surface area (Å²) in [5.74, 6) is -0.643. The third kappa shape index (κ3) is 5.02. The van der Waals surface area contributed by atoms with Crippen molar-refractivity contribution in [3.63, 3.8) is 0 Å². The van der Waals surface area contributed by atoms with Gasteiger partial charge in [-0.1, -0.05) is 48.0 Å². The number of hydrogen-bond acceptors (Lipinski definition) is 7. The van der Waals surface area contributed by atoms with Gasteiger partial charge in [0.25, 0.3) is 5.91 Å². The fourth-order valence-electron chi connectivity index (χ4n) is 3.52. The smallest absolute Gasteiger partial charge is 0.338 e. The molecule has 3 aromatic carbocycles. The van der Waals surface area contributed by atoms with E-state index in [1.807, 2.05) is 61.5 Å². The Morgan fingerprint density at radius 1 is 0.917 bits per heavy atom. The lowest BCUT2D eigenvalue weighted by molar-refractivity contribution is -0.119. The van der Waals surface area contributed by atoms with Crippen LogP contribution >= 0.6 is 0 Å². The second kappa shape index (κ2) is 10.0. The maximum atomic E-state index is 12.7. The minimum absolute atomic E-state index is 0.301. The summed E-state index contributed by atoms with van der Waals surface area (Å²) in [7, 11) is 0. The molecule has 178 valence electrons. The molecule has 0 spiro atoms. The van der Waals surface area contributed by atoms with Gasteiger partial charge >= 0.3 is 5.97 Å². The molecule has 36 heavy (non-hydrogen) atoms. The average Bonchev–Trinajstić information content (AvgIpc) is 3.59. The molecule has 0 unspecified atom stereocenters. The van der Waals surface area contributed by atoms with E-state index in [4.69, 9.17) is 4.74 Å². The van der Waals surface area contributed by atoms with Crippen LogP contribution in [0.2, 0.25) is 0 Å². The number of rotatable bonds is 7. The first-order chi connectivity index (χ1) is 17.6. The molecule has 1 N–H and O–H groups in total. The van der Waals surface area contributed by atoms with Crippen LogP contribution < -0.4 is 5.32 Å². The molecule has 0 fully saturated rings. The fourth-order valence-corrected chi connectivity index (χ4v) is 3.52. The molecule has 5 rings (SSSR count). The van der Waals surface area contributed by atoms with Crippen LogP contribution in [0.4, 0.5) is 5.82 Å². The molecule has 0 aliphatic heterocycles. The monoisotopic (exact) mass is 479 g/mol. The zero-order valence-electron chi connectivity index (χ0n) is 19.3. The zero-order chi connectivity index (χ0) is 24.9. The normalized spacial score (nSPS) is 10.7. The topological polar surface area (TPSA) is 117 Å². The van der Waals surface area contributed by atoms with Crippen LogP contribution in [-0.4, -0.2) is 48.5 Å². The van der Waals surface area contributed by atoms with Gasteiger partial charge < -0.3 is 10.1 Å². The van der Waals surface area contributed by atoms with Gasteiger partial charge in [-0.25, -0.2) is 14.2 Å². The maximum Gasteiger partial charge on any atom is 0.338 e. The fraction of sp³-hybridized carbons (Fsp3) is 0.0769. The SMILES string of the molecule is Cc1ccc(-c2cc(NC(=O)COC(=O)c3ccc(-n4cnnn4)cc3)n(-c3ccccc3)n2)cc1. The molecule has 0 atom stereocenters. The van der Waals surface area contributed by atoms with Gasteiger partial charge in [0.05, 0.1) is 22.6 Å². The highest BCUT2D eigenvalue weighted by atomic mass is 16.5. The predicted molar refractivity (Wildman–Crippen MR) is 132 cm³/mol. The molecule has 0 saturated heterocycles. The van der Waals surface area contributed by atoms with E-state index in [1.54, 1.807) is 35.0 Å². The molecule has 5 aromatic rings. The lowest BCUT2D eigenvalue weighted by Gasteiger charge is -2.09. The number of nitrogens with one attached hydrogen (secondary N) is 1. The van der Waals surface area contributed by atoms with Gasteiger partial charge in [0.2, 0.25) is 0 Å². The van der Waals surface area contributed by atoms with Gasteiger partial charge in [0, 0.05) is 11.6 Å². The van der Waals surface area contributed by atoms with Crippen LogP contribution in [-0.2, 0) is 9.53 Å². The van der Waals surface area contributed by atoms with Crippen LogP contribution in [0.1, 0.15) is 15.9 Å². The Bertz CT molecular complexity index is 1480.